The van der Waals surface area contributed by atoms with Crippen LogP contribution in [0.2, 0.25) is 0 Å². The zero-order chi connectivity index (χ0) is 13.4. The molecule has 0 atom stereocenters. The van der Waals surface area contributed by atoms with Gasteiger partial charge in [0.05, 0.1) is 25.1 Å². The summed E-state index contributed by atoms with van der Waals surface area (Å²) in [7, 11) is 0. The summed E-state index contributed by atoms with van der Waals surface area (Å²) in [5.41, 5.74) is 3.18. The molecule has 5 heteroatoms. The van der Waals surface area contributed by atoms with Gasteiger partial charge in [-0.05, 0) is 24.3 Å². The van der Waals surface area contributed by atoms with E-state index in [9.17, 15) is 0 Å². The molecule has 0 radical (unpaired) electrons. The molecular weight excluding hydrogens is 250 g/mol. The van der Waals surface area contributed by atoms with Crippen LogP contribution in [0.1, 0.15) is 5.56 Å². The first-order valence-electron chi connectivity index (χ1n) is 6.58. The van der Waals surface area contributed by atoms with Crippen LogP contribution in [0, 0.1) is 0 Å². The summed E-state index contributed by atoms with van der Waals surface area (Å²) in [6.45, 7) is 1.70. The van der Waals surface area contributed by atoms with Crippen LogP contribution in [0.4, 0.5) is 0 Å². The summed E-state index contributed by atoms with van der Waals surface area (Å²) in [5.74, 6) is 0.962. The van der Waals surface area contributed by atoms with Gasteiger partial charge in [0.2, 0.25) is 0 Å². The highest BCUT2D eigenvalue weighted by Crippen LogP contribution is 2.15. The second-order valence-electron chi connectivity index (χ2n) is 4.70. The quantitative estimate of drug-likeness (QED) is 0.830. The number of hydrogen-bond acceptors (Lipinski definition) is 4. The first-order valence-corrected chi connectivity index (χ1v) is 6.58. The molecule has 0 aliphatic carbocycles. The fourth-order valence-electron chi connectivity index (χ4n) is 2.38. The molecule has 0 spiro atoms. The van der Waals surface area contributed by atoms with Crippen molar-refractivity contribution in [1.82, 2.24) is 14.6 Å². The zero-order valence-corrected chi connectivity index (χ0v) is 10.8. The van der Waals surface area contributed by atoms with Gasteiger partial charge in [0.15, 0.2) is 0 Å². The van der Waals surface area contributed by atoms with Crippen molar-refractivity contribution in [1.29, 1.82) is 0 Å². The second-order valence-corrected chi connectivity index (χ2v) is 4.70. The Morgan fingerprint density at radius 3 is 2.75 bits per heavy atom. The van der Waals surface area contributed by atoms with Crippen molar-refractivity contribution in [2.24, 2.45) is 10.1 Å². The Morgan fingerprint density at radius 2 is 1.95 bits per heavy atom. The molecule has 3 heterocycles. The number of imidazole rings is 1. The van der Waals surface area contributed by atoms with Crippen molar-refractivity contribution >= 4 is 11.5 Å². The lowest BCUT2D eigenvalue weighted by Crippen LogP contribution is -2.25. The molecular formula is C15H13N5. The van der Waals surface area contributed by atoms with Gasteiger partial charge in [-0.15, -0.1) is 0 Å². The fourth-order valence-corrected chi connectivity index (χ4v) is 2.38. The zero-order valence-electron chi connectivity index (χ0n) is 10.8. The van der Waals surface area contributed by atoms with Gasteiger partial charge in [-0.1, -0.05) is 12.1 Å². The molecule has 20 heavy (non-hydrogen) atoms. The van der Waals surface area contributed by atoms with Crippen LogP contribution in [0.3, 0.4) is 0 Å². The third-order valence-corrected chi connectivity index (χ3v) is 3.43. The van der Waals surface area contributed by atoms with Gasteiger partial charge in [0, 0.05) is 23.6 Å². The van der Waals surface area contributed by atoms with Gasteiger partial charge < -0.3 is 4.57 Å². The van der Waals surface area contributed by atoms with Crippen LogP contribution < -0.4 is 0 Å². The van der Waals surface area contributed by atoms with Gasteiger partial charge >= 0.3 is 0 Å². The molecule has 4 rings (SSSR count). The van der Waals surface area contributed by atoms with Crippen LogP contribution in [-0.2, 0) is 0 Å². The topological polar surface area (TPSA) is 45.8 Å². The summed E-state index contributed by atoms with van der Waals surface area (Å²) in [6.07, 6.45) is 9.54. The maximum absolute atomic E-state index is 4.62. The molecule has 0 saturated heterocycles. The lowest BCUT2D eigenvalue weighted by Gasteiger charge is -2.17. The largest absolute Gasteiger partial charge is 0.306 e. The van der Waals surface area contributed by atoms with Crippen LogP contribution >= 0.6 is 0 Å². The molecule has 0 bridgehead atoms. The third-order valence-electron chi connectivity index (χ3n) is 3.43. The van der Waals surface area contributed by atoms with Crippen LogP contribution in [-0.4, -0.2) is 39.2 Å². The minimum Gasteiger partial charge on any atom is -0.306 e. The molecule has 0 N–H and O–H groups in total. The van der Waals surface area contributed by atoms with Crippen LogP contribution in [0.15, 0.2) is 65.2 Å². The van der Waals surface area contributed by atoms with Gasteiger partial charge in [-0.2, -0.15) is 5.10 Å². The maximum Gasteiger partial charge on any atom is 0.144 e. The number of allylic oxidation sites excluding steroid dienone is 1. The van der Waals surface area contributed by atoms with Gasteiger partial charge in [-0.3, -0.25) is 4.99 Å². The standard InChI is InChI=1S/C15H13N5/c1-3-13(19-9-7-16-11-19)4-2-12(1)14-5-6-15-17-8-10-20(15)18-14/h1-7,9,11H,8,10H2. The number of aromatic nitrogens is 2. The molecule has 1 aromatic carbocycles. The minimum absolute atomic E-state index is 0.829. The monoisotopic (exact) mass is 263 g/mol. The van der Waals surface area contributed by atoms with E-state index in [1.165, 1.54) is 0 Å². The minimum atomic E-state index is 0.829. The number of hydrogen-bond donors (Lipinski definition) is 0. The Morgan fingerprint density at radius 1 is 1.05 bits per heavy atom. The summed E-state index contributed by atoms with van der Waals surface area (Å²) < 4.78 is 1.98. The van der Waals surface area contributed by atoms with Crippen LogP contribution in [0.5, 0.6) is 0 Å². The molecule has 0 fully saturated rings. The third kappa shape index (κ3) is 1.84. The van der Waals surface area contributed by atoms with E-state index < -0.39 is 0 Å². The summed E-state index contributed by atoms with van der Waals surface area (Å²) in [5, 5.41) is 6.58. The number of nitrogens with zero attached hydrogens (tertiary/aromatic N) is 5. The van der Waals surface area contributed by atoms with E-state index in [1.54, 1.807) is 12.5 Å². The number of rotatable bonds is 2. The lowest BCUT2D eigenvalue weighted by atomic mass is 10.1. The summed E-state index contributed by atoms with van der Waals surface area (Å²) in [6, 6.07) is 8.30. The summed E-state index contributed by atoms with van der Waals surface area (Å²) >= 11 is 0. The molecule has 0 unspecified atom stereocenters. The number of amidine groups is 1. The van der Waals surface area contributed by atoms with E-state index in [-0.39, 0.29) is 0 Å². The Kier molecular flexibility index (Phi) is 2.48. The summed E-state index contributed by atoms with van der Waals surface area (Å²) in [4.78, 5) is 8.43. The van der Waals surface area contributed by atoms with E-state index in [2.05, 4.69) is 39.3 Å². The molecule has 1 aromatic heterocycles. The van der Waals surface area contributed by atoms with E-state index in [4.69, 9.17) is 0 Å². The lowest BCUT2D eigenvalue weighted by molar-refractivity contribution is 0.490. The Bertz CT molecular complexity index is 707. The fraction of sp³-hybridized carbons (Fsp3) is 0.133. The van der Waals surface area contributed by atoms with E-state index >= 15 is 0 Å². The Hall–Kier alpha value is -2.69. The molecule has 0 saturated carbocycles. The SMILES string of the molecule is C1=CC2=NCCN2N=C1c1ccc(-n2ccnc2)cc1. The number of benzene rings is 1. The van der Waals surface area contributed by atoms with Gasteiger partial charge in [-0.25, -0.2) is 9.99 Å². The van der Waals surface area contributed by atoms with Crippen molar-refractivity contribution in [2.75, 3.05) is 13.1 Å². The molecule has 2 aliphatic heterocycles. The maximum atomic E-state index is 4.62. The number of fused-ring (bicyclic) bond motifs is 1. The van der Waals surface area contributed by atoms with Crippen molar-refractivity contribution < 1.29 is 0 Å². The molecule has 5 nitrogen and oxygen atoms in total. The van der Waals surface area contributed by atoms with Crippen molar-refractivity contribution in [2.45, 2.75) is 0 Å². The van der Waals surface area contributed by atoms with E-state index in [0.29, 0.717) is 0 Å². The smallest absolute Gasteiger partial charge is 0.144 e. The predicted octanol–water partition coefficient (Wildman–Crippen LogP) is 1.86. The average Bonchev–Trinajstić information content (AvgIpc) is 3.18. The first-order chi connectivity index (χ1) is 9.90. The van der Waals surface area contributed by atoms with Crippen LogP contribution in [0.25, 0.3) is 5.69 Å². The highest BCUT2D eigenvalue weighted by atomic mass is 15.5. The van der Waals surface area contributed by atoms with Crippen molar-refractivity contribution in [3.8, 4) is 5.69 Å². The molecule has 2 aromatic rings. The highest BCUT2D eigenvalue weighted by Gasteiger charge is 2.18. The number of aliphatic imine (C=N–C) groups is 1. The normalized spacial score (nSPS) is 16.9. The predicted molar refractivity (Wildman–Crippen MR) is 78.2 cm³/mol. The highest BCUT2D eigenvalue weighted by molar-refractivity contribution is 6.14. The van der Waals surface area contributed by atoms with Gasteiger partial charge in [0.1, 0.15) is 5.84 Å². The Labute approximate surface area is 116 Å². The number of hydrazone groups is 1. The molecule has 98 valence electrons. The van der Waals surface area contributed by atoms with Crippen molar-refractivity contribution in [3.63, 3.8) is 0 Å². The first kappa shape index (κ1) is 11.2. The van der Waals surface area contributed by atoms with Crippen molar-refractivity contribution in [3.05, 3.63) is 60.7 Å². The molecule has 2 aliphatic rings. The molecule has 0 amide bonds. The van der Waals surface area contributed by atoms with Gasteiger partial charge in [0.25, 0.3) is 0 Å². The average molecular weight is 263 g/mol. The Balaban J connectivity index is 1.64. The van der Waals surface area contributed by atoms with E-state index in [1.807, 2.05) is 27.9 Å². The second kappa shape index (κ2) is 4.45. The van der Waals surface area contributed by atoms with E-state index in [0.717, 1.165) is 35.9 Å².